The minimum atomic E-state index is -4.62. The van der Waals surface area contributed by atoms with Gasteiger partial charge >= 0.3 is 6.18 Å². The number of alkyl halides is 3. The average Bonchev–Trinajstić information content (AvgIpc) is 3.22. The Morgan fingerprint density at radius 1 is 1.10 bits per heavy atom. The van der Waals surface area contributed by atoms with Crippen LogP contribution < -0.4 is 4.90 Å². The van der Waals surface area contributed by atoms with Crippen molar-refractivity contribution in [1.82, 2.24) is 19.9 Å². The molecule has 29 heavy (non-hydrogen) atoms. The molecule has 1 amide bonds. The molecule has 2 fully saturated rings. The number of halogens is 3. The first-order valence-electron chi connectivity index (χ1n) is 9.80. The number of amides is 1. The van der Waals surface area contributed by atoms with E-state index in [0.29, 0.717) is 19.0 Å². The molecule has 0 aromatic carbocycles. The minimum absolute atomic E-state index is 0.0166. The molecule has 0 atom stereocenters. The number of rotatable bonds is 4. The van der Waals surface area contributed by atoms with E-state index in [4.69, 9.17) is 0 Å². The van der Waals surface area contributed by atoms with Gasteiger partial charge in [0.15, 0.2) is 11.5 Å². The minimum Gasteiger partial charge on any atom is -0.345 e. The quantitative estimate of drug-likeness (QED) is 0.780. The number of carbonyl (C=O) groups is 1. The third kappa shape index (κ3) is 4.49. The standard InChI is InChI=1S/C20H22F3N5O/c21-20(22,23)16-11-17(26-19(25-16)15-7-3-4-8-24-15)27-9-10-28(18(29)13-27)12-14-5-1-2-6-14/h3-4,7-8,11,14H,1-2,5-6,9-10,12-13H2. The number of hydrogen-bond acceptors (Lipinski definition) is 5. The molecule has 1 saturated heterocycles. The lowest BCUT2D eigenvalue weighted by molar-refractivity contribution is -0.141. The summed E-state index contributed by atoms with van der Waals surface area (Å²) in [6.07, 6.45) is 1.55. The van der Waals surface area contributed by atoms with Crippen LogP contribution in [0.1, 0.15) is 31.4 Å². The topological polar surface area (TPSA) is 62.2 Å². The smallest absolute Gasteiger partial charge is 0.345 e. The third-order valence-corrected chi connectivity index (χ3v) is 5.49. The summed E-state index contributed by atoms with van der Waals surface area (Å²) in [6, 6.07) is 5.80. The number of carbonyl (C=O) groups excluding carboxylic acids is 1. The highest BCUT2D eigenvalue weighted by Gasteiger charge is 2.35. The van der Waals surface area contributed by atoms with E-state index in [-0.39, 0.29) is 29.8 Å². The summed E-state index contributed by atoms with van der Waals surface area (Å²) in [6.45, 7) is 1.68. The number of pyridine rings is 1. The molecule has 1 aliphatic carbocycles. The Morgan fingerprint density at radius 2 is 1.90 bits per heavy atom. The predicted octanol–water partition coefficient (Wildman–Crippen LogP) is 3.40. The number of anilines is 1. The maximum Gasteiger partial charge on any atom is 0.433 e. The normalized spacial score (nSPS) is 18.5. The van der Waals surface area contributed by atoms with Crippen LogP contribution in [0, 0.1) is 5.92 Å². The first-order valence-corrected chi connectivity index (χ1v) is 9.80. The Kier molecular flexibility index (Phi) is 5.38. The van der Waals surface area contributed by atoms with Gasteiger partial charge < -0.3 is 9.80 Å². The van der Waals surface area contributed by atoms with Crippen LogP contribution in [0.25, 0.3) is 11.5 Å². The van der Waals surface area contributed by atoms with Gasteiger partial charge in [-0.2, -0.15) is 13.2 Å². The Labute approximate surface area is 166 Å². The maximum atomic E-state index is 13.4. The lowest BCUT2D eigenvalue weighted by Crippen LogP contribution is -2.51. The van der Waals surface area contributed by atoms with Crippen molar-refractivity contribution in [2.75, 3.05) is 31.1 Å². The van der Waals surface area contributed by atoms with Crippen molar-refractivity contribution in [3.05, 3.63) is 36.2 Å². The first-order chi connectivity index (χ1) is 13.9. The fourth-order valence-electron chi connectivity index (χ4n) is 3.95. The van der Waals surface area contributed by atoms with E-state index >= 15 is 0 Å². The molecule has 0 unspecified atom stereocenters. The van der Waals surface area contributed by atoms with Crippen LogP contribution >= 0.6 is 0 Å². The molecule has 2 aromatic rings. The van der Waals surface area contributed by atoms with Gasteiger partial charge in [0.2, 0.25) is 5.91 Å². The Morgan fingerprint density at radius 3 is 2.55 bits per heavy atom. The molecule has 4 rings (SSSR count). The first kappa shape index (κ1) is 19.6. The zero-order valence-corrected chi connectivity index (χ0v) is 15.9. The van der Waals surface area contributed by atoms with Crippen molar-refractivity contribution in [2.24, 2.45) is 5.92 Å². The van der Waals surface area contributed by atoms with Crippen LogP contribution in [0.3, 0.4) is 0 Å². The SMILES string of the molecule is O=C1CN(c2cc(C(F)(F)F)nc(-c3ccccn3)n2)CCN1CC1CCCC1. The predicted molar refractivity (Wildman–Crippen MR) is 101 cm³/mol. The van der Waals surface area contributed by atoms with E-state index in [1.807, 2.05) is 4.90 Å². The highest BCUT2D eigenvalue weighted by molar-refractivity contribution is 5.82. The average molecular weight is 405 g/mol. The summed E-state index contributed by atoms with van der Waals surface area (Å²) in [5.41, 5.74) is -0.782. The molecular formula is C20H22F3N5O. The molecule has 1 saturated carbocycles. The summed E-state index contributed by atoms with van der Waals surface area (Å²) in [5, 5.41) is 0. The number of piperazine rings is 1. The van der Waals surface area contributed by atoms with Crippen molar-refractivity contribution in [1.29, 1.82) is 0 Å². The van der Waals surface area contributed by atoms with E-state index in [0.717, 1.165) is 25.5 Å². The van der Waals surface area contributed by atoms with Gasteiger partial charge in [0.1, 0.15) is 11.5 Å². The largest absolute Gasteiger partial charge is 0.433 e. The molecule has 3 heterocycles. The zero-order valence-electron chi connectivity index (χ0n) is 15.9. The van der Waals surface area contributed by atoms with E-state index in [1.165, 1.54) is 19.0 Å². The van der Waals surface area contributed by atoms with Gasteiger partial charge in [0.05, 0.1) is 6.54 Å². The number of hydrogen-bond donors (Lipinski definition) is 0. The summed E-state index contributed by atoms with van der Waals surface area (Å²) in [7, 11) is 0. The van der Waals surface area contributed by atoms with Crippen LogP contribution in [0.5, 0.6) is 0 Å². The van der Waals surface area contributed by atoms with Gasteiger partial charge in [-0.05, 0) is 30.9 Å². The van der Waals surface area contributed by atoms with Crippen LogP contribution in [0.2, 0.25) is 0 Å². The van der Waals surface area contributed by atoms with Crippen LogP contribution in [-0.4, -0.2) is 51.9 Å². The second-order valence-corrected chi connectivity index (χ2v) is 7.56. The van der Waals surface area contributed by atoms with E-state index < -0.39 is 11.9 Å². The molecule has 0 radical (unpaired) electrons. The van der Waals surface area contributed by atoms with E-state index in [1.54, 1.807) is 23.1 Å². The summed E-state index contributed by atoms with van der Waals surface area (Å²) >= 11 is 0. The third-order valence-electron chi connectivity index (χ3n) is 5.49. The molecule has 154 valence electrons. The lowest BCUT2D eigenvalue weighted by Gasteiger charge is -2.36. The Bertz CT molecular complexity index is 868. The lowest BCUT2D eigenvalue weighted by atomic mass is 10.1. The van der Waals surface area contributed by atoms with Gasteiger partial charge in [0.25, 0.3) is 0 Å². The second-order valence-electron chi connectivity index (χ2n) is 7.56. The van der Waals surface area contributed by atoms with Gasteiger partial charge in [-0.15, -0.1) is 0 Å². The van der Waals surface area contributed by atoms with Crippen molar-refractivity contribution < 1.29 is 18.0 Å². The summed E-state index contributed by atoms with van der Waals surface area (Å²) in [4.78, 5) is 28.0. The highest BCUT2D eigenvalue weighted by Crippen LogP contribution is 2.32. The molecule has 6 nitrogen and oxygen atoms in total. The van der Waals surface area contributed by atoms with Crippen molar-refractivity contribution in [3.8, 4) is 11.5 Å². The van der Waals surface area contributed by atoms with Gasteiger partial charge in [0, 0.05) is 31.9 Å². The molecule has 2 aliphatic rings. The van der Waals surface area contributed by atoms with Crippen molar-refractivity contribution in [3.63, 3.8) is 0 Å². The molecule has 0 bridgehead atoms. The molecule has 0 N–H and O–H groups in total. The van der Waals surface area contributed by atoms with Gasteiger partial charge in [-0.1, -0.05) is 18.9 Å². The van der Waals surface area contributed by atoms with Gasteiger partial charge in [-0.25, -0.2) is 9.97 Å². The summed E-state index contributed by atoms with van der Waals surface area (Å²) < 4.78 is 40.2. The molecule has 1 aliphatic heterocycles. The highest BCUT2D eigenvalue weighted by atomic mass is 19.4. The molecular weight excluding hydrogens is 383 g/mol. The maximum absolute atomic E-state index is 13.4. The van der Waals surface area contributed by atoms with Crippen molar-refractivity contribution in [2.45, 2.75) is 31.9 Å². The second kappa shape index (κ2) is 7.96. The Hall–Kier alpha value is -2.71. The fourth-order valence-corrected chi connectivity index (χ4v) is 3.95. The molecule has 9 heteroatoms. The monoisotopic (exact) mass is 405 g/mol. The zero-order chi connectivity index (χ0) is 20.4. The fraction of sp³-hybridized carbons (Fsp3) is 0.500. The summed E-state index contributed by atoms with van der Waals surface area (Å²) in [5.74, 6) is 0.463. The van der Waals surface area contributed by atoms with Crippen molar-refractivity contribution >= 4 is 11.7 Å². The van der Waals surface area contributed by atoms with Crippen LogP contribution in [0.4, 0.5) is 19.0 Å². The van der Waals surface area contributed by atoms with Gasteiger partial charge in [-0.3, -0.25) is 9.78 Å². The molecule has 0 spiro atoms. The van der Waals surface area contributed by atoms with E-state index in [2.05, 4.69) is 15.0 Å². The number of nitrogens with zero attached hydrogens (tertiary/aromatic N) is 5. The van der Waals surface area contributed by atoms with Crippen LogP contribution in [0.15, 0.2) is 30.5 Å². The van der Waals surface area contributed by atoms with E-state index in [9.17, 15) is 18.0 Å². The number of aromatic nitrogens is 3. The van der Waals surface area contributed by atoms with Crippen LogP contribution in [-0.2, 0) is 11.0 Å². The molecule has 2 aromatic heterocycles. The Balaban J connectivity index is 1.57.